The predicted octanol–water partition coefficient (Wildman–Crippen LogP) is 4.64. The average Bonchev–Trinajstić information content (AvgIpc) is 3.31. The fraction of sp³-hybridized carbons (Fsp3) is 0.350. The second-order valence-corrected chi connectivity index (χ2v) is 9.99. The minimum atomic E-state index is -3.35. The van der Waals surface area contributed by atoms with Crippen LogP contribution in [-0.4, -0.2) is 33.2 Å². The molecule has 0 aliphatic carbocycles. The summed E-state index contributed by atoms with van der Waals surface area (Å²) in [5, 5.41) is 3.55. The van der Waals surface area contributed by atoms with E-state index in [9.17, 15) is 13.2 Å². The van der Waals surface area contributed by atoms with Gasteiger partial charge in [-0.15, -0.1) is 0 Å². The number of carbonyl (C=O) groups excluding carboxylic acids is 1. The second kappa shape index (κ2) is 8.14. The Balaban J connectivity index is 1.59. The van der Waals surface area contributed by atoms with Crippen molar-refractivity contribution in [2.75, 3.05) is 28.5 Å². The summed E-state index contributed by atoms with van der Waals surface area (Å²) in [6.45, 7) is 1.10. The fourth-order valence-corrected chi connectivity index (χ4v) is 5.68. The van der Waals surface area contributed by atoms with Gasteiger partial charge in [0.15, 0.2) is 0 Å². The number of halogens is 2. The van der Waals surface area contributed by atoms with Gasteiger partial charge in [-0.2, -0.15) is 0 Å². The number of anilines is 2. The molecular formula is C20H20Cl2N2O4S. The third kappa shape index (κ3) is 4.38. The molecule has 9 heteroatoms. The van der Waals surface area contributed by atoms with E-state index in [4.69, 9.17) is 27.9 Å². The highest BCUT2D eigenvalue weighted by atomic mass is 35.5. The van der Waals surface area contributed by atoms with Crippen LogP contribution in [0.1, 0.15) is 41.3 Å². The van der Waals surface area contributed by atoms with Crippen LogP contribution in [0.2, 0.25) is 10.0 Å². The molecule has 6 nitrogen and oxygen atoms in total. The van der Waals surface area contributed by atoms with E-state index in [0.717, 1.165) is 18.4 Å². The first kappa shape index (κ1) is 20.5. The molecule has 0 saturated carbocycles. The monoisotopic (exact) mass is 454 g/mol. The second-order valence-electron chi connectivity index (χ2n) is 7.13. The van der Waals surface area contributed by atoms with Crippen LogP contribution in [0.4, 0.5) is 11.4 Å². The summed E-state index contributed by atoms with van der Waals surface area (Å²) >= 11 is 12.5. The Bertz CT molecular complexity index is 1050. The lowest BCUT2D eigenvalue weighted by Crippen LogP contribution is -2.25. The van der Waals surface area contributed by atoms with E-state index < -0.39 is 15.9 Å². The summed E-state index contributed by atoms with van der Waals surface area (Å²) in [5.41, 5.74) is 2.07. The molecule has 4 rings (SSSR count). The number of carbonyl (C=O) groups is 1. The highest BCUT2D eigenvalue weighted by Gasteiger charge is 2.29. The molecule has 2 saturated heterocycles. The standard InChI is InChI=1S/C20H20Cl2N2O4S/c21-14-9-13(19-3-1-7-28-19)10-15(11-14)23-20(25)17-12-16(4-5-18(17)22)24-6-2-8-29(24,26)27/h4-5,9-12,19H,1-3,6-8H2,(H,23,25). The van der Waals surface area contributed by atoms with Crippen LogP contribution >= 0.6 is 23.2 Å². The van der Waals surface area contributed by atoms with Crippen molar-refractivity contribution in [1.29, 1.82) is 0 Å². The molecule has 0 aromatic heterocycles. The van der Waals surface area contributed by atoms with E-state index in [1.165, 1.54) is 16.4 Å². The van der Waals surface area contributed by atoms with Crippen LogP contribution in [0.3, 0.4) is 0 Å². The van der Waals surface area contributed by atoms with Crippen molar-refractivity contribution in [1.82, 2.24) is 0 Å². The molecular weight excluding hydrogens is 435 g/mol. The van der Waals surface area contributed by atoms with Crippen LogP contribution in [0.5, 0.6) is 0 Å². The zero-order chi connectivity index (χ0) is 20.6. The first-order chi connectivity index (χ1) is 13.8. The maximum Gasteiger partial charge on any atom is 0.257 e. The number of nitrogens with one attached hydrogen (secondary N) is 1. The van der Waals surface area contributed by atoms with Gasteiger partial charge in [0.1, 0.15) is 0 Å². The number of hydrogen-bond acceptors (Lipinski definition) is 4. The largest absolute Gasteiger partial charge is 0.374 e. The lowest BCUT2D eigenvalue weighted by Gasteiger charge is -2.18. The van der Waals surface area contributed by atoms with Gasteiger partial charge in [0.25, 0.3) is 5.91 Å². The fourth-order valence-electron chi connectivity index (χ4n) is 3.68. The Morgan fingerprint density at radius 1 is 1.14 bits per heavy atom. The van der Waals surface area contributed by atoms with Gasteiger partial charge in [0.05, 0.1) is 28.1 Å². The molecule has 154 valence electrons. The van der Waals surface area contributed by atoms with Crippen LogP contribution in [0, 0.1) is 0 Å². The Labute approximate surface area is 179 Å². The number of benzene rings is 2. The first-order valence-corrected chi connectivity index (χ1v) is 11.7. The number of ether oxygens (including phenoxy) is 1. The van der Waals surface area contributed by atoms with Crippen LogP contribution in [-0.2, 0) is 14.8 Å². The van der Waals surface area contributed by atoms with E-state index in [1.807, 2.05) is 12.1 Å². The van der Waals surface area contributed by atoms with Crippen molar-refractivity contribution >= 4 is 50.5 Å². The predicted molar refractivity (Wildman–Crippen MR) is 115 cm³/mol. The Morgan fingerprint density at radius 3 is 2.66 bits per heavy atom. The molecule has 1 amide bonds. The zero-order valence-corrected chi connectivity index (χ0v) is 17.9. The third-order valence-electron chi connectivity index (χ3n) is 5.06. The minimum Gasteiger partial charge on any atom is -0.374 e. The molecule has 1 N–H and O–H groups in total. The van der Waals surface area contributed by atoms with E-state index in [2.05, 4.69) is 5.32 Å². The third-order valence-corrected chi connectivity index (χ3v) is 7.48. The van der Waals surface area contributed by atoms with E-state index >= 15 is 0 Å². The van der Waals surface area contributed by atoms with Gasteiger partial charge in [-0.3, -0.25) is 9.10 Å². The molecule has 1 atom stereocenters. The number of rotatable bonds is 4. The summed E-state index contributed by atoms with van der Waals surface area (Å²) < 4.78 is 31.4. The van der Waals surface area contributed by atoms with E-state index in [-0.39, 0.29) is 22.4 Å². The van der Waals surface area contributed by atoms with Gasteiger partial charge >= 0.3 is 0 Å². The van der Waals surface area contributed by atoms with Gasteiger partial charge in [-0.25, -0.2) is 8.42 Å². The minimum absolute atomic E-state index is 0.0309. The zero-order valence-electron chi connectivity index (χ0n) is 15.5. The molecule has 2 aromatic rings. The average molecular weight is 455 g/mol. The van der Waals surface area contributed by atoms with Crippen molar-refractivity contribution in [2.45, 2.75) is 25.4 Å². The van der Waals surface area contributed by atoms with E-state index in [0.29, 0.717) is 36.0 Å². The SMILES string of the molecule is O=C(Nc1cc(Cl)cc(C2CCCO2)c1)c1cc(N2CCCS2(=O)=O)ccc1Cl. The van der Waals surface area contributed by atoms with Crippen molar-refractivity contribution in [3.8, 4) is 0 Å². The molecule has 0 spiro atoms. The molecule has 2 heterocycles. The van der Waals surface area contributed by atoms with Gasteiger partial charge < -0.3 is 10.1 Å². The van der Waals surface area contributed by atoms with Crippen molar-refractivity contribution in [3.05, 3.63) is 57.6 Å². The Hall–Kier alpha value is -1.80. The number of amides is 1. The van der Waals surface area contributed by atoms with Crippen LogP contribution in [0.15, 0.2) is 36.4 Å². The Morgan fingerprint density at radius 2 is 1.97 bits per heavy atom. The van der Waals surface area contributed by atoms with Crippen LogP contribution < -0.4 is 9.62 Å². The van der Waals surface area contributed by atoms with Gasteiger partial charge in [-0.05, 0) is 61.2 Å². The Kier molecular flexibility index (Phi) is 5.75. The molecule has 2 fully saturated rings. The molecule has 1 unspecified atom stereocenters. The molecule has 0 bridgehead atoms. The normalized spacial score (nSPS) is 20.8. The van der Waals surface area contributed by atoms with Gasteiger partial charge in [0.2, 0.25) is 10.0 Å². The summed E-state index contributed by atoms with van der Waals surface area (Å²) in [6, 6.07) is 9.97. The van der Waals surface area contributed by atoms with Gasteiger partial charge in [-0.1, -0.05) is 23.2 Å². The number of sulfonamides is 1. The molecule has 29 heavy (non-hydrogen) atoms. The number of nitrogens with zero attached hydrogens (tertiary/aromatic N) is 1. The highest BCUT2D eigenvalue weighted by molar-refractivity contribution is 7.93. The van der Waals surface area contributed by atoms with Crippen molar-refractivity contribution < 1.29 is 17.9 Å². The maximum absolute atomic E-state index is 12.9. The lowest BCUT2D eigenvalue weighted by atomic mass is 10.1. The van der Waals surface area contributed by atoms with Gasteiger partial charge in [0, 0.05) is 23.9 Å². The molecule has 0 radical (unpaired) electrons. The maximum atomic E-state index is 12.9. The van der Waals surface area contributed by atoms with E-state index in [1.54, 1.807) is 12.1 Å². The van der Waals surface area contributed by atoms with Crippen LogP contribution in [0.25, 0.3) is 0 Å². The molecule has 2 aromatic carbocycles. The number of hydrogen-bond donors (Lipinski definition) is 1. The molecule has 2 aliphatic heterocycles. The first-order valence-electron chi connectivity index (χ1n) is 9.37. The van der Waals surface area contributed by atoms with Crippen molar-refractivity contribution in [3.63, 3.8) is 0 Å². The summed E-state index contributed by atoms with van der Waals surface area (Å²) in [7, 11) is -3.35. The topological polar surface area (TPSA) is 75.7 Å². The molecule has 2 aliphatic rings. The summed E-state index contributed by atoms with van der Waals surface area (Å²) in [4.78, 5) is 12.9. The lowest BCUT2D eigenvalue weighted by molar-refractivity contribution is 0.102. The van der Waals surface area contributed by atoms with Crippen molar-refractivity contribution in [2.24, 2.45) is 0 Å². The quantitative estimate of drug-likeness (QED) is 0.729. The smallest absolute Gasteiger partial charge is 0.257 e. The highest BCUT2D eigenvalue weighted by Crippen LogP contribution is 2.33. The summed E-state index contributed by atoms with van der Waals surface area (Å²) in [6.07, 6.45) is 2.42. The summed E-state index contributed by atoms with van der Waals surface area (Å²) in [5.74, 6) is -0.333.